The molecule has 24 heteroatoms. The third kappa shape index (κ3) is 25.6. The molecular weight excluding hydrogens is 1540 g/mol. The van der Waals surface area contributed by atoms with E-state index in [2.05, 4.69) is 114 Å². The van der Waals surface area contributed by atoms with Crippen molar-refractivity contribution >= 4 is 85.6 Å². The lowest BCUT2D eigenvalue weighted by Gasteiger charge is -2.36. The van der Waals surface area contributed by atoms with Gasteiger partial charge in [0.05, 0.1) is 18.1 Å². The Morgan fingerprint density at radius 1 is 0.358 bits per heavy atom. The summed E-state index contributed by atoms with van der Waals surface area (Å²) in [6.07, 6.45) is 11.8. The number of benzene rings is 10. The second-order valence-electron chi connectivity index (χ2n) is 32.7. The highest BCUT2D eigenvalue weighted by Crippen LogP contribution is 2.35. The minimum Gasteiger partial charge on any atom is -0.370 e. The summed E-state index contributed by atoms with van der Waals surface area (Å²) in [4.78, 5) is 99.5. The number of hydrogen-bond acceptors (Lipinski definition) is 12. The van der Waals surface area contributed by atoms with Crippen molar-refractivity contribution in [3.63, 3.8) is 0 Å². The molecule has 4 aliphatic rings. The number of nitrogens with zero attached hydrogens (tertiary/aromatic N) is 6. The molecule has 8 atom stereocenters. The summed E-state index contributed by atoms with van der Waals surface area (Å²) in [6, 6.07) is 81.5. The van der Waals surface area contributed by atoms with Crippen molar-refractivity contribution in [2.45, 2.75) is 170 Å². The maximum atomic E-state index is 14.2. The van der Waals surface area contributed by atoms with Gasteiger partial charge in [-0.25, -0.2) is 0 Å². The fourth-order valence-corrected chi connectivity index (χ4v) is 17.8. The molecule has 3 aliphatic heterocycles. The molecule has 0 bridgehead atoms. The van der Waals surface area contributed by atoms with Crippen molar-refractivity contribution in [3.05, 3.63) is 288 Å². The Bertz CT molecular complexity index is 4880. The number of rotatable bonds is 30. The van der Waals surface area contributed by atoms with E-state index in [1.165, 1.54) is 41.5 Å². The molecule has 0 spiro atoms. The lowest BCUT2D eigenvalue weighted by molar-refractivity contribution is -0.136. The molecule has 14 rings (SSSR count). The summed E-state index contributed by atoms with van der Waals surface area (Å²) in [7, 11) is 0. The number of amides is 6. The second kappa shape index (κ2) is 45.4. The molecule has 4 fully saturated rings. The van der Waals surface area contributed by atoms with Crippen molar-refractivity contribution in [2.24, 2.45) is 49.4 Å². The van der Waals surface area contributed by atoms with Crippen molar-refractivity contribution < 1.29 is 28.8 Å². The van der Waals surface area contributed by atoms with E-state index >= 15 is 0 Å². The molecule has 0 unspecified atom stereocenters. The molecule has 6 amide bonds. The lowest BCUT2D eigenvalue weighted by Crippen LogP contribution is -2.51. The number of guanidine groups is 3. The van der Waals surface area contributed by atoms with Crippen molar-refractivity contribution in [1.82, 2.24) is 46.6 Å². The summed E-state index contributed by atoms with van der Waals surface area (Å²) in [5, 5.41) is 26.4. The smallest absolute Gasteiger partial charge is 0.251 e. The SMILES string of the molecule is C[C@@H](C(c1ccccc1)c1ccccc1)N1CC[C@@H](CNC(=O)c2ccc3ccccc3c2)N[C@@H](CCCN=C(N)N)C1=O.C[C@H](C(c1ccccc1)c1ccccc1)N1CC[C@@H](CNC(=O)c2ccc3ccccc3c2)N[C@@H](CCCN=C(N)N)C1=O.NC(N)=NCCC[C@@H]1N[C@H](CNC(=O)c2ccc3ccccc3c2)CCN(C2CCCCC2)C1=O. The average molecular weight is 1660 g/mol. The summed E-state index contributed by atoms with van der Waals surface area (Å²) < 4.78 is 0. The molecule has 3 heterocycles. The lowest BCUT2D eigenvalue weighted by atomic mass is 9.84. The van der Waals surface area contributed by atoms with Crippen molar-refractivity contribution in [2.75, 3.05) is 58.9 Å². The highest BCUT2D eigenvalue weighted by atomic mass is 16.2. The van der Waals surface area contributed by atoms with E-state index in [0.717, 1.165) is 64.5 Å². The topological polar surface area (TPSA) is 378 Å². The van der Waals surface area contributed by atoms with Gasteiger partial charge in [-0.1, -0.05) is 232 Å². The van der Waals surface area contributed by atoms with Crippen LogP contribution in [-0.4, -0.2) is 181 Å². The number of carbonyl (C=O) groups is 6. The first-order valence-corrected chi connectivity index (χ1v) is 43.7. The van der Waals surface area contributed by atoms with Crippen molar-refractivity contribution in [3.8, 4) is 0 Å². The number of hydrogen-bond donors (Lipinski definition) is 12. The van der Waals surface area contributed by atoms with Crippen LogP contribution < -0.4 is 66.3 Å². The van der Waals surface area contributed by atoms with Gasteiger partial charge in [0, 0.05) is 124 Å². The van der Waals surface area contributed by atoms with Crippen LogP contribution >= 0.6 is 0 Å². The third-order valence-corrected chi connectivity index (χ3v) is 24.2. The first-order valence-electron chi connectivity index (χ1n) is 43.7. The molecule has 18 N–H and O–H groups in total. The molecule has 123 heavy (non-hydrogen) atoms. The van der Waals surface area contributed by atoms with Gasteiger partial charge in [0.25, 0.3) is 17.7 Å². The van der Waals surface area contributed by atoms with Crippen LogP contribution in [-0.2, 0) is 14.4 Å². The van der Waals surface area contributed by atoms with Gasteiger partial charge in [-0.2, -0.15) is 0 Å². The minimum atomic E-state index is -0.427. The van der Waals surface area contributed by atoms with Crippen LogP contribution in [0.1, 0.15) is 169 Å². The van der Waals surface area contributed by atoms with E-state index < -0.39 is 12.1 Å². The fraction of sp³-hybridized carbons (Fsp3) is 0.364. The zero-order chi connectivity index (χ0) is 86.4. The Morgan fingerprint density at radius 3 is 0.951 bits per heavy atom. The molecule has 1 aliphatic carbocycles. The first-order chi connectivity index (χ1) is 59.8. The number of carbonyl (C=O) groups excluding carboxylic acids is 6. The molecule has 10 aromatic rings. The Balaban J connectivity index is 0.000000170. The summed E-state index contributed by atoms with van der Waals surface area (Å²) in [5.74, 6) is 0.110. The number of nitrogens with one attached hydrogen (secondary N) is 6. The highest BCUT2D eigenvalue weighted by molar-refractivity contribution is 6.00. The van der Waals surface area contributed by atoms with E-state index in [9.17, 15) is 28.8 Å². The van der Waals surface area contributed by atoms with Gasteiger partial charge in [-0.05, 0) is 175 Å². The monoisotopic (exact) mass is 1660 g/mol. The molecule has 0 radical (unpaired) electrons. The van der Waals surface area contributed by atoms with Gasteiger partial charge in [-0.15, -0.1) is 0 Å². The Hall–Kier alpha value is -12.5. The predicted octanol–water partition coefficient (Wildman–Crippen LogP) is 11.3. The predicted molar refractivity (Wildman–Crippen MR) is 495 cm³/mol. The van der Waals surface area contributed by atoms with E-state index in [4.69, 9.17) is 34.4 Å². The van der Waals surface area contributed by atoms with Gasteiger partial charge >= 0.3 is 0 Å². The van der Waals surface area contributed by atoms with Gasteiger partial charge < -0.3 is 81.0 Å². The zero-order valence-corrected chi connectivity index (χ0v) is 70.9. The maximum absolute atomic E-state index is 14.2. The standard InChI is InChI=1S/2C36H42N6O2.C27H38N6O2/c2*1-25(33(27-12-4-2-5-13-27)28-14-6-3-7-15-28)42-22-20-31(41-32(35(42)44)17-10-21-39-36(37)38)24-40-34(43)30-19-18-26-11-8-9-16-29(26)23-30;28-27(29)30-15-6-11-24-26(35)33(23-9-2-1-3-10-23)16-14-22(32-24)18-31-25(34)21-13-12-19-7-4-5-8-20(19)17-21/h2*2-9,11-16,18-19,23,25,31-33,41H,10,17,20-22,24H2,1H3,(H,40,43)(H4,37,38,39);4-5,7-8,12-13,17,22-24,32H,1-3,6,9-11,14-16,18H2,(H,31,34)(H4,28,29,30)/t25-,31+,32+;25-,31-,32-;22-,24-/m100/s1. The summed E-state index contributed by atoms with van der Waals surface area (Å²) in [5.41, 5.74) is 39.6. The fourth-order valence-electron chi connectivity index (χ4n) is 17.8. The number of nitrogens with two attached hydrogens (primary N) is 6. The van der Waals surface area contributed by atoms with Gasteiger partial charge in [-0.3, -0.25) is 43.7 Å². The van der Waals surface area contributed by atoms with Gasteiger partial charge in [0.1, 0.15) is 0 Å². The van der Waals surface area contributed by atoms with Gasteiger partial charge in [0.2, 0.25) is 17.7 Å². The number of fused-ring (bicyclic) bond motifs is 3. The van der Waals surface area contributed by atoms with Crippen LogP contribution in [0.2, 0.25) is 0 Å². The van der Waals surface area contributed by atoms with Crippen LogP contribution in [0.5, 0.6) is 0 Å². The summed E-state index contributed by atoms with van der Waals surface area (Å²) >= 11 is 0. The molecule has 3 saturated heterocycles. The zero-order valence-electron chi connectivity index (χ0n) is 70.9. The van der Waals surface area contributed by atoms with E-state index in [1.807, 2.05) is 210 Å². The van der Waals surface area contributed by atoms with E-state index in [-0.39, 0.29) is 101 Å². The molecule has 644 valence electrons. The molecule has 24 nitrogen and oxygen atoms in total. The third-order valence-electron chi connectivity index (χ3n) is 24.2. The van der Waals surface area contributed by atoms with Crippen molar-refractivity contribution in [1.29, 1.82) is 0 Å². The van der Waals surface area contributed by atoms with Crippen LogP contribution in [0.25, 0.3) is 32.3 Å². The van der Waals surface area contributed by atoms with E-state index in [1.54, 1.807) is 0 Å². The summed E-state index contributed by atoms with van der Waals surface area (Å²) in [6.45, 7) is 8.83. The van der Waals surface area contributed by atoms with Crippen LogP contribution in [0.4, 0.5) is 0 Å². The Morgan fingerprint density at radius 2 is 0.642 bits per heavy atom. The van der Waals surface area contributed by atoms with Crippen LogP contribution in [0.3, 0.4) is 0 Å². The maximum Gasteiger partial charge on any atom is 0.251 e. The van der Waals surface area contributed by atoms with Crippen LogP contribution in [0, 0.1) is 0 Å². The Kier molecular flexibility index (Phi) is 33.1. The second-order valence-corrected chi connectivity index (χ2v) is 32.7. The first kappa shape index (κ1) is 89.7. The molecule has 10 aromatic carbocycles. The number of aliphatic imine (C=N–C) groups is 3. The van der Waals surface area contributed by atoms with Crippen LogP contribution in [0.15, 0.2) is 264 Å². The minimum absolute atomic E-state index is 0.00722. The molecule has 0 aromatic heterocycles. The molecular formula is C99H122N18O6. The highest BCUT2D eigenvalue weighted by Gasteiger charge is 2.40. The quantitative estimate of drug-likeness (QED) is 0.0113. The average Bonchev–Trinajstić information content (AvgIpc) is 1.79. The van der Waals surface area contributed by atoms with Gasteiger partial charge in [0.15, 0.2) is 17.9 Å². The Labute approximate surface area is 723 Å². The molecule has 1 saturated carbocycles. The largest absolute Gasteiger partial charge is 0.370 e. The van der Waals surface area contributed by atoms with E-state index in [0.29, 0.717) is 120 Å². The normalized spacial score (nSPS) is 18.8.